The highest BCUT2D eigenvalue weighted by Gasteiger charge is 2.36. The van der Waals surface area contributed by atoms with E-state index in [1.807, 2.05) is 4.90 Å². The van der Waals surface area contributed by atoms with Crippen molar-refractivity contribution >= 4 is 29.2 Å². The third-order valence-corrected chi connectivity index (χ3v) is 6.31. The lowest BCUT2D eigenvalue weighted by Gasteiger charge is -2.39. The molecule has 0 aliphatic carbocycles. The fourth-order valence-electron chi connectivity index (χ4n) is 4.52. The molecule has 0 bridgehead atoms. The monoisotopic (exact) mass is 480 g/mol. The second-order valence-electron chi connectivity index (χ2n) is 9.67. The SMILES string of the molecule is COc1cccc(NC(=O)N[C@@H]2COc3ccccc3N(CC(=O)N3CCCC(C)(C)C3)C2=O)c1. The van der Waals surface area contributed by atoms with Crippen LogP contribution in [0.25, 0.3) is 0 Å². The van der Waals surface area contributed by atoms with Gasteiger partial charge in [0.05, 0.1) is 12.8 Å². The molecule has 4 rings (SSSR count). The van der Waals surface area contributed by atoms with Crippen LogP contribution in [-0.4, -0.2) is 62.1 Å². The molecule has 4 amide bonds. The molecule has 9 nitrogen and oxygen atoms in total. The van der Waals surface area contributed by atoms with E-state index in [0.717, 1.165) is 12.8 Å². The van der Waals surface area contributed by atoms with E-state index in [1.165, 1.54) is 4.90 Å². The molecule has 0 saturated carbocycles. The van der Waals surface area contributed by atoms with E-state index < -0.39 is 18.0 Å². The number of amides is 4. The Morgan fingerprint density at radius 1 is 1.17 bits per heavy atom. The normalized spacial score (nSPS) is 19.2. The molecule has 1 fully saturated rings. The van der Waals surface area contributed by atoms with E-state index in [-0.39, 0.29) is 24.5 Å². The van der Waals surface area contributed by atoms with Crippen LogP contribution in [0, 0.1) is 5.41 Å². The highest BCUT2D eigenvalue weighted by molar-refractivity contribution is 6.05. The number of nitrogens with one attached hydrogen (secondary N) is 2. The van der Waals surface area contributed by atoms with Gasteiger partial charge in [-0.2, -0.15) is 0 Å². The Morgan fingerprint density at radius 2 is 1.97 bits per heavy atom. The average molecular weight is 481 g/mol. The number of anilines is 2. The smallest absolute Gasteiger partial charge is 0.320 e. The van der Waals surface area contributed by atoms with Crippen LogP contribution in [-0.2, 0) is 9.59 Å². The maximum absolute atomic E-state index is 13.6. The van der Waals surface area contributed by atoms with Crippen molar-refractivity contribution in [3.05, 3.63) is 48.5 Å². The predicted molar refractivity (Wildman–Crippen MR) is 133 cm³/mol. The van der Waals surface area contributed by atoms with Gasteiger partial charge in [0.2, 0.25) is 5.91 Å². The van der Waals surface area contributed by atoms with Gasteiger partial charge in [0.15, 0.2) is 0 Å². The number of hydrogen-bond acceptors (Lipinski definition) is 5. The van der Waals surface area contributed by atoms with Crippen molar-refractivity contribution in [3.8, 4) is 11.5 Å². The first-order valence-electron chi connectivity index (χ1n) is 11.8. The molecule has 1 atom stereocenters. The van der Waals surface area contributed by atoms with E-state index in [9.17, 15) is 14.4 Å². The summed E-state index contributed by atoms with van der Waals surface area (Å²) in [6, 6.07) is 12.5. The Kier molecular flexibility index (Phi) is 7.14. The van der Waals surface area contributed by atoms with Gasteiger partial charge in [-0.3, -0.25) is 14.5 Å². The van der Waals surface area contributed by atoms with Gasteiger partial charge in [0.25, 0.3) is 5.91 Å². The van der Waals surface area contributed by atoms with Crippen molar-refractivity contribution in [1.82, 2.24) is 10.2 Å². The maximum atomic E-state index is 13.6. The molecular formula is C26H32N4O5. The van der Waals surface area contributed by atoms with Crippen molar-refractivity contribution in [2.24, 2.45) is 5.41 Å². The third-order valence-electron chi connectivity index (χ3n) is 6.31. The summed E-state index contributed by atoms with van der Waals surface area (Å²) in [7, 11) is 1.54. The third kappa shape index (κ3) is 5.85. The zero-order valence-electron chi connectivity index (χ0n) is 20.4. The number of carbonyl (C=O) groups is 3. The summed E-state index contributed by atoms with van der Waals surface area (Å²) < 4.78 is 11.0. The maximum Gasteiger partial charge on any atom is 0.320 e. The summed E-state index contributed by atoms with van der Waals surface area (Å²) in [5, 5.41) is 5.40. The van der Waals surface area contributed by atoms with Crippen molar-refractivity contribution < 1.29 is 23.9 Å². The van der Waals surface area contributed by atoms with Crippen molar-refractivity contribution in [2.75, 3.05) is 43.6 Å². The van der Waals surface area contributed by atoms with Crippen molar-refractivity contribution in [2.45, 2.75) is 32.7 Å². The van der Waals surface area contributed by atoms with Crippen LogP contribution in [0.15, 0.2) is 48.5 Å². The first-order valence-corrected chi connectivity index (χ1v) is 11.8. The Hall–Kier alpha value is -3.75. The second-order valence-corrected chi connectivity index (χ2v) is 9.67. The zero-order valence-corrected chi connectivity index (χ0v) is 20.4. The lowest BCUT2D eigenvalue weighted by molar-refractivity contribution is -0.134. The molecule has 2 aromatic carbocycles. The number of rotatable bonds is 5. The largest absolute Gasteiger partial charge is 0.497 e. The van der Waals surface area contributed by atoms with Gasteiger partial charge >= 0.3 is 6.03 Å². The molecule has 2 aliphatic rings. The molecule has 9 heteroatoms. The molecule has 2 aromatic rings. The topological polar surface area (TPSA) is 100 Å². The van der Waals surface area contributed by atoms with Crippen LogP contribution >= 0.6 is 0 Å². The minimum atomic E-state index is -0.974. The number of benzene rings is 2. The summed E-state index contributed by atoms with van der Waals surface area (Å²) in [6.45, 7) is 5.44. The minimum absolute atomic E-state index is 0.0417. The van der Waals surface area contributed by atoms with Crippen LogP contribution in [0.3, 0.4) is 0 Å². The molecule has 0 unspecified atom stereocenters. The van der Waals surface area contributed by atoms with Gasteiger partial charge in [-0.25, -0.2) is 4.79 Å². The number of nitrogens with zero attached hydrogens (tertiary/aromatic N) is 2. The Morgan fingerprint density at radius 3 is 2.74 bits per heavy atom. The van der Waals surface area contributed by atoms with Crippen LogP contribution in [0.1, 0.15) is 26.7 Å². The van der Waals surface area contributed by atoms with E-state index >= 15 is 0 Å². The number of ether oxygens (including phenoxy) is 2. The van der Waals surface area contributed by atoms with Crippen LogP contribution < -0.4 is 25.0 Å². The summed E-state index contributed by atoms with van der Waals surface area (Å²) in [4.78, 5) is 42.7. The molecule has 2 N–H and O–H groups in total. The molecule has 186 valence electrons. The molecular weight excluding hydrogens is 448 g/mol. The first-order chi connectivity index (χ1) is 16.8. The minimum Gasteiger partial charge on any atom is -0.497 e. The second kappa shape index (κ2) is 10.2. The standard InChI is InChI=1S/C26H32N4O5/c1-26(2)12-7-13-29(17-26)23(31)15-30-21-10-4-5-11-22(21)35-16-20(24(30)32)28-25(33)27-18-8-6-9-19(14-18)34-3/h4-6,8-11,14,20H,7,12-13,15-17H2,1-3H3,(H2,27,28,33)/t20-/m1/s1. The van der Waals surface area contributed by atoms with Gasteiger partial charge in [-0.05, 0) is 42.5 Å². The summed E-state index contributed by atoms with van der Waals surface area (Å²) in [5.74, 6) is 0.561. The van der Waals surface area contributed by atoms with Gasteiger partial charge in [0, 0.05) is 24.8 Å². The van der Waals surface area contributed by atoms with Crippen molar-refractivity contribution in [1.29, 1.82) is 0 Å². The number of likely N-dealkylation sites (tertiary alicyclic amines) is 1. The lowest BCUT2D eigenvalue weighted by Crippen LogP contribution is -2.54. The summed E-state index contributed by atoms with van der Waals surface area (Å²) in [6.07, 6.45) is 1.99. The Balaban J connectivity index is 1.50. The number of fused-ring (bicyclic) bond motifs is 1. The molecule has 0 aromatic heterocycles. The number of piperidine rings is 1. The summed E-state index contributed by atoms with van der Waals surface area (Å²) in [5.41, 5.74) is 1.08. The number of hydrogen-bond donors (Lipinski definition) is 2. The molecule has 2 aliphatic heterocycles. The van der Waals surface area contributed by atoms with Crippen molar-refractivity contribution in [3.63, 3.8) is 0 Å². The average Bonchev–Trinajstić information content (AvgIpc) is 2.96. The van der Waals surface area contributed by atoms with E-state index in [0.29, 0.717) is 36.0 Å². The Bertz CT molecular complexity index is 1100. The van der Waals surface area contributed by atoms with Gasteiger partial charge in [-0.1, -0.05) is 32.0 Å². The van der Waals surface area contributed by atoms with E-state index in [1.54, 1.807) is 55.6 Å². The highest BCUT2D eigenvalue weighted by Crippen LogP contribution is 2.32. The fraction of sp³-hybridized carbons (Fsp3) is 0.423. The van der Waals surface area contributed by atoms with Crippen LogP contribution in [0.2, 0.25) is 0 Å². The fourth-order valence-corrected chi connectivity index (χ4v) is 4.52. The van der Waals surface area contributed by atoms with E-state index in [4.69, 9.17) is 9.47 Å². The number of urea groups is 1. The van der Waals surface area contributed by atoms with Crippen LogP contribution in [0.4, 0.5) is 16.2 Å². The van der Waals surface area contributed by atoms with Gasteiger partial charge in [-0.15, -0.1) is 0 Å². The van der Waals surface area contributed by atoms with Gasteiger partial charge in [0.1, 0.15) is 30.7 Å². The molecule has 0 spiro atoms. The number of carbonyl (C=O) groups excluding carboxylic acids is 3. The van der Waals surface area contributed by atoms with Gasteiger partial charge < -0.3 is 25.0 Å². The first kappa shape index (κ1) is 24.4. The highest BCUT2D eigenvalue weighted by atomic mass is 16.5. The predicted octanol–water partition coefficient (Wildman–Crippen LogP) is 3.26. The number of methoxy groups -OCH3 is 1. The molecule has 0 radical (unpaired) electrons. The molecule has 1 saturated heterocycles. The zero-order chi connectivity index (χ0) is 25.0. The summed E-state index contributed by atoms with van der Waals surface area (Å²) >= 11 is 0. The molecule has 35 heavy (non-hydrogen) atoms. The Labute approximate surface area is 205 Å². The van der Waals surface area contributed by atoms with E-state index in [2.05, 4.69) is 24.5 Å². The lowest BCUT2D eigenvalue weighted by atomic mass is 9.84. The number of para-hydroxylation sites is 2. The quantitative estimate of drug-likeness (QED) is 0.684. The van der Waals surface area contributed by atoms with Crippen LogP contribution in [0.5, 0.6) is 11.5 Å². The molecule has 2 heterocycles.